The maximum Gasteiger partial charge on any atom is 0.169 e. The number of fused-ring (bicyclic) bond motifs is 1. The Hall–Kier alpha value is -3.01. The number of aliphatic hydroxyl groups is 1. The molecule has 0 amide bonds. The van der Waals surface area contributed by atoms with E-state index in [1.807, 2.05) is 54.1 Å². The van der Waals surface area contributed by atoms with Crippen molar-refractivity contribution in [2.24, 2.45) is 7.05 Å². The number of hydrogen-bond acceptors (Lipinski definition) is 4. The van der Waals surface area contributed by atoms with E-state index < -0.39 is 0 Å². The van der Waals surface area contributed by atoms with Crippen molar-refractivity contribution < 1.29 is 10.0 Å². The third-order valence-corrected chi connectivity index (χ3v) is 6.05. The minimum atomic E-state index is 0.0956. The first-order valence-electron chi connectivity index (χ1n) is 10.1. The molecule has 0 bridgehead atoms. The molecule has 1 fully saturated rings. The molecule has 0 aliphatic carbocycles. The number of nitriles is 1. The maximum absolute atomic E-state index is 10.8. The molecule has 154 valence electrons. The van der Waals surface area contributed by atoms with E-state index in [4.69, 9.17) is 11.6 Å². The van der Waals surface area contributed by atoms with Crippen molar-refractivity contribution in [3.05, 3.63) is 64.6 Å². The van der Waals surface area contributed by atoms with Gasteiger partial charge < -0.3 is 19.5 Å². The Morgan fingerprint density at radius 3 is 2.67 bits per heavy atom. The molecule has 0 atom stereocenters. The molecule has 7 heteroatoms. The molecule has 0 radical (unpaired) electrons. The fraction of sp³-hybridized carbons (Fsp3) is 0.304. The van der Waals surface area contributed by atoms with Crippen LogP contribution in [0.2, 0.25) is 5.02 Å². The number of nitrogens with zero attached hydrogens (tertiary/aromatic N) is 4. The van der Waals surface area contributed by atoms with Crippen LogP contribution in [0.1, 0.15) is 11.4 Å². The Morgan fingerprint density at radius 1 is 1.23 bits per heavy atom. The lowest BCUT2D eigenvalue weighted by Crippen LogP contribution is -3.15. The molecule has 1 aliphatic rings. The molecule has 4 rings (SSSR count). The lowest BCUT2D eigenvalue weighted by Gasteiger charge is -2.34. The molecule has 2 aromatic carbocycles. The summed E-state index contributed by atoms with van der Waals surface area (Å²) in [7, 11) is 1.87. The fourth-order valence-corrected chi connectivity index (χ4v) is 4.27. The third-order valence-electron chi connectivity index (χ3n) is 5.81. The van der Waals surface area contributed by atoms with Gasteiger partial charge in [-0.25, -0.2) is 4.98 Å². The minimum Gasteiger partial charge on any atom is -0.506 e. The number of imidazole rings is 1. The molecule has 0 saturated carbocycles. The van der Waals surface area contributed by atoms with Crippen LogP contribution < -0.4 is 9.80 Å². The van der Waals surface area contributed by atoms with Gasteiger partial charge in [-0.1, -0.05) is 29.8 Å². The minimum absolute atomic E-state index is 0.0956. The average Bonchev–Trinajstić information content (AvgIpc) is 3.08. The number of aliphatic hydroxyl groups excluding tert-OH is 1. The molecule has 2 N–H and O–H groups in total. The summed E-state index contributed by atoms with van der Waals surface area (Å²) >= 11 is 6.18. The normalized spacial score (nSPS) is 15.9. The molecule has 1 aliphatic heterocycles. The van der Waals surface area contributed by atoms with E-state index in [1.54, 1.807) is 0 Å². The number of hydrogen-bond donors (Lipinski definition) is 2. The van der Waals surface area contributed by atoms with Crippen molar-refractivity contribution in [3.63, 3.8) is 0 Å². The number of allylic oxidation sites excluding steroid dienone is 1. The van der Waals surface area contributed by atoms with E-state index in [9.17, 15) is 10.4 Å². The summed E-state index contributed by atoms with van der Waals surface area (Å²) in [5.74, 6) is 0.599. The van der Waals surface area contributed by atoms with Crippen LogP contribution in [-0.4, -0.2) is 47.4 Å². The van der Waals surface area contributed by atoms with Crippen LogP contribution in [0, 0.1) is 18.3 Å². The molecule has 0 unspecified atom stereocenters. The number of rotatable bonds is 4. The highest BCUT2D eigenvalue weighted by molar-refractivity contribution is 6.30. The third kappa shape index (κ3) is 3.87. The van der Waals surface area contributed by atoms with Gasteiger partial charge in [-0.3, -0.25) is 0 Å². The number of aromatic nitrogens is 2. The molecular formula is C23H25ClN5O+. The van der Waals surface area contributed by atoms with Crippen LogP contribution in [-0.2, 0) is 7.05 Å². The molecule has 3 aromatic rings. The number of aryl methyl sites for hydroxylation is 2. The van der Waals surface area contributed by atoms with Crippen LogP contribution >= 0.6 is 11.6 Å². The summed E-state index contributed by atoms with van der Waals surface area (Å²) in [6.45, 7) is 5.99. The van der Waals surface area contributed by atoms with Gasteiger partial charge in [-0.2, -0.15) is 5.26 Å². The van der Waals surface area contributed by atoms with E-state index in [0.29, 0.717) is 12.4 Å². The number of nitrogens with one attached hydrogen (secondary N) is 1. The highest BCUT2D eigenvalue weighted by Crippen LogP contribution is 2.24. The first-order valence-corrected chi connectivity index (χ1v) is 10.4. The largest absolute Gasteiger partial charge is 0.506 e. The van der Waals surface area contributed by atoms with Crippen LogP contribution in [0.5, 0.6) is 0 Å². The van der Waals surface area contributed by atoms with Gasteiger partial charge >= 0.3 is 0 Å². The van der Waals surface area contributed by atoms with Crippen molar-refractivity contribution in [3.8, 4) is 6.07 Å². The zero-order valence-electron chi connectivity index (χ0n) is 17.2. The summed E-state index contributed by atoms with van der Waals surface area (Å²) in [5, 5.41) is 21.2. The van der Waals surface area contributed by atoms with Gasteiger partial charge in [0.15, 0.2) is 11.6 Å². The molecule has 1 aromatic heterocycles. The highest BCUT2D eigenvalue weighted by Gasteiger charge is 2.25. The van der Waals surface area contributed by atoms with Crippen LogP contribution in [0.3, 0.4) is 0 Å². The van der Waals surface area contributed by atoms with Crippen LogP contribution in [0.25, 0.3) is 16.6 Å². The molecule has 30 heavy (non-hydrogen) atoms. The van der Waals surface area contributed by atoms with E-state index in [2.05, 4.69) is 22.9 Å². The van der Waals surface area contributed by atoms with Gasteiger partial charge in [0, 0.05) is 17.8 Å². The number of benzene rings is 2. The summed E-state index contributed by atoms with van der Waals surface area (Å²) in [4.78, 5) is 8.14. The topological polar surface area (TPSA) is 69.5 Å². The van der Waals surface area contributed by atoms with Crippen molar-refractivity contribution in [2.45, 2.75) is 6.92 Å². The van der Waals surface area contributed by atoms with Crippen molar-refractivity contribution in [1.29, 1.82) is 5.26 Å². The van der Waals surface area contributed by atoms with Gasteiger partial charge in [0.1, 0.15) is 18.2 Å². The Balaban J connectivity index is 1.50. The Bertz CT molecular complexity index is 1150. The number of para-hydroxylation sites is 2. The predicted molar refractivity (Wildman–Crippen MR) is 120 cm³/mol. The van der Waals surface area contributed by atoms with E-state index in [1.165, 1.54) is 16.2 Å². The fourth-order valence-electron chi connectivity index (χ4n) is 4.10. The SMILES string of the molecule is Cc1ccc(Cl)cc1N1CC[NH+](C/C(O)=C(\C#N)c2nc3ccccc3n2C)CC1. The summed E-state index contributed by atoms with van der Waals surface area (Å²) < 4.78 is 1.86. The van der Waals surface area contributed by atoms with Crippen LogP contribution in [0.15, 0.2) is 48.2 Å². The summed E-state index contributed by atoms with van der Waals surface area (Å²) in [6, 6.07) is 15.9. The number of quaternary nitrogens is 1. The van der Waals surface area contributed by atoms with Crippen LogP contribution in [0.4, 0.5) is 5.69 Å². The molecule has 0 spiro atoms. The number of anilines is 1. The quantitative estimate of drug-likeness (QED) is 0.501. The van der Waals surface area contributed by atoms with Gasteiger partial charge in [0.25, 0.3) is 0 Å². The van der Waals surface area contributed by atoms with E-state index in [-0.39, 0.29) is 11.3 Å². The van der Waals surface area contributed by atoms with Gasteiger partial charge in [0.05, 0.1) is 37.2 Å². The number of piperazine rings is 1. The molecule has 6 nitrogen and oxygen atoms in total. The second-order valence-corrected chi connectivity index (χ2v) is 8.20. The average molecular weight is 423 g/mol. The molecular weight excluding hydrogens is 398 g/mol. The zero-order valence-corrected chi connectivity index (χ0v) is 17.9. The summed E-state index contributed by atoms with van der Waals surface area (Å²) in [6.07, 6.45) is 0. The molecule has 2 heterocycles. The van der Waals surface area contributed by atoms with Crippen molar-refractivity contribution in [2.75, 3.05) is 37.6 Å². The second kappa shape index (κ2) is 8.39. The number of halogens is 1. The lowest BCUT2D eigenvalue weighted by molar-refractivity contribution is -0.897. The van der Waals surface area contributed by atoms with Gasteiger partial charge in [-0.05, 0) is 36.8 Å². The zero-order chi connectivity index (χ0) is 21.3. The first kappa shape index (κ1) is 20.3. The summed E-state index contributed by atoms with van der Waals surface area (Å²) in [5.41, 5.74) is 4.37. The Kier molecular flexibility index (Phi) is 5.67. The molecule has 1 saturated heterocycles. The van der Waals surface area contributed by atoms with Gasteiger partial charge in [-0.15, -0.1) is 0 Å². The second-order valence-electron chi connectivity index (χ2n) is 7.76. The van der Waals surface area contributed by atoms with E-state index >= 15 is 0 Å². The van der Waals surface area contributed by atoms with Gasteiger partial charge in [0.2, 0.25) is 0 Å². The Morgan fingerprint density at radius 2 is 1.97 bits per heavy atom. The standard InChI is InChI=1S/C23H24ClN5O/c1-16-7-8-17(24)13-21(16)29-11-9-28(10-12-29)15-22(30)18(14-25)23-26-19-5-3-4-6-20(19)27(23)2/h3-8,13,30H,9-12,15H2,1-2H3/p+1/b22-18-. The monoisotopic (exact) mass is 422 g/mol. The highest BCUT2D eigenvalue weighted by atomic mass is 35.5. The maximum atomic E-state index is 10.8. The first-order chi connectivity index (χ1) is 14.5. The smallest absolute Gasteiger partial charge is 0.169 e. The van der Waals surface area contributed by atoms with Crippen molar-refractivity contribution >= 4 is 33.9 Å². The predicted octanol–water partition coefficient (Wildman–Crippen LogP) is 2.73. The van der Waals surface area contributed by atoms with Crippen molar-refractivity contribution in [1.82, 2.24) is 9.55 Å². The van der Waals surface area contributed by atoms with E-state index in [0.717, 1.165) is 42.2 Å². The lowest BCUT2D eigenvalue weighted by atomic mass is 10.1. The Labute approximate surface area is 181 Å².